The molecule has 0 spiro atoms. The zero-order chi connectivity index (χ0) is 23.7. The van der Waals surface area contributed by atoms with Gasteiger partial charge in [-0.05, 0) is 56.7 Å². The van der Waals surface area contributed by atoms with Crippen molar-refractivity contribution in [2.75, 3.05) is 29.0 Å². The number of hydrogen-bond acceptors (Lipinski definition) is 5. The summed E-state index contributed by atoms with van der Waals surface area (Å²) in [5, 5.41) is 5.53. The van der Waals surface area contributed by atoms with E-state index >= 15 is 0 Å². The molecule has 1 unspecified atom stereocenters. The number of carbonyl (C=O) groups excluding carboxylic acids is 2. The third kappa shape index (κ3) is 6.71. The molecule has 2 aromatic rings. The Balaban J connectivity index is 2.25. The second kappa shape index (κ2) is 11.5. The molecule has 32 heavy (non-hydrogen) atoms. The molecular formula is C23H31N3O5S. The first-order chi connectivity index (χ1) is 15.2. The van der Waals surface area contributed by atoms with Crippen molar-refractivity contribution in [3.63, 3.8) is 0 Å². The fraction of sp³-hybridized carbons (Fsp3) is 0.391. The molecule has 2 amide bonds. The maximum Gasteiger partial charge on any atom is 0.253 e. The van der Waals surface area contributed by atoms with Crippen LogP contribution in [-0.4, -0.2) is 45.7 Å². The number of amides is 2. The number of hydrogen-bond donors (Lipinski definition) is 2. The van der Waals surface area contributed by atoms with Gasteiger partial charge in [0.2, 0.25) is 15.9 Å². The molecular weight excluding hydrogens is 430 g/mol. The highest BCUT2D eigenvalue weighted by Gasteiger charge is 2.29. The van der Waals surface area contributed by atoms with Crippen molar-refractivity contribution < 1.29 is 22.7 Å². The van der Waals surface area contributed by atoms with Gasteiger partial charge in [0.25, 0.3) is 5.91 Å². The van der Waals surface area contributed by atoms with Crippen molar-refractivity contribution in [3.8, 4) is 5.75 Å². The number of carbonyl (C=O) groups is 2. The molecule has 0 heterocycles. The number of sulfonamides is 1. The fourth-order valence-electron chi connectivity index (χ4n) is 3.17. The Hall–Kier alpha value is -3.07. The van der Waals surface area contributed by atoms with Crippen LogP contribution in [0.3, 0.4) is 0 Å². The van der Waals surface area contributed by atoms with Crippen LogP contribution in [0.4, 0.5) is 11.4 Å². The monoisotopic (exact) mass is 461 g/mol. The van der Waals surface area contributed by atoms with Crippen molar-refractivity contribution in [1.29, 1.82) is 0 Å². The van der Waals surface area contributed by atoms with Gasteiger partial charge in [-0.15, -0.1) is 0 Å². The molecule has 0 aromatic heterocycles. The van der Waals surface area contributed by atoms with E-state index in [1.165, 1.54) is 6.92 Å². The van der Waals surface area contributed by atoms with Crippen LogP contribution in [0.1, 0.15) is 44.0 Å². The molecule has 0 aliphatic carbocycles. The van der Waals surface area contributed by atoms with Crippen LogP contribution in [0.5, 0.6) is 5.75 Å². The van der Waals surface area contributed by atoms with Gasteiger partial charge in [0, 0.05) is 6.54 Å². The highest BCUT2D eigenvalue weighted by molar-refractivity contribution is 7.92. The van der Waals surface area contributed by atoms with E-state index in [4.69, 9.17) is 4.74 Å². The number of anilines is 2. The lowest BCUT2D eigenvalue weighted by molar-refractivity contribution is -0.116. The highest BCUT2D eigenvalue weighted by Crippen LogP contribution is 2.25. The number of benzene rings is 2. The summed E-state index contributed by atoms with van der Waals surface area (Å²) in [4.78, 5) is 25.5. The van der Waals surface area contributed by atoms with E-state index in [0.29, 0.717) is 35.8 Å². The maximum atomic E-state index is 13.0. The van der Waals surface area contributed by atoms with Crippen LogP contribution in [0.15, 0.2) is 48.5 Å². The first-order valence-corrected chi connectivity index (χ1v) is 12.4. The van der Waals surface area contributed by atoms with Crippen molar-refractivity contribution in [1.82, 2.24) is 5.32 Å². The van der Waals surface area contributed by atoms with Crippen molar-refractivity contribution in [2.24, 2.45) is 0 Å². The Kier molecular flexibility index (Phi) is 9.07. The minimum atomic E-state index is -3.77. The molecule has 0 radical (unpaired) electrons. The van der Waals surface area contributed by atoms with E-state index < -0.39 is 22.0 Å². The molecule has 2 rings (SSSR count). The Morgan fingerprint density at radius 1 is 1.06 bits per heavy atom. The molecule has 0 saturated heterocycles. The lowest BCUT2D eigenvalue weighted by Gasteiger charge is -2.28. The van der Waals surface area contributed by atoms with Crippen molar-refractivity contribution in [2.45, 2.75) is 39.7 Å². The zero-order valence-corrected chi connectivity index (χ0v) is 19.7. The van der Waals surface area contributed by atoms with E-state index in [-0.39, 0.29) is 5.91 Å². The molecule has 0 bridgehead atoms. The SMILES string of the molecule is CCCCNC(=O)c1ccccc1NC(=O)C(C)N(c1ccc(OCC)cc1)S(C)(=O)=O. The summed E-state index contributed by atoms with van der Waals surface area (Å²) < 4.78 is 31.5. The molecule has 0 fully saturated rings. The van der Waals surface area contributed by atoms with Gasteiger partial charge >= 0.3 is 0 Å². The largest absolute Gasteiger partial charge is 0.494 e. The average molecular weight is 462 g/mol. The fourth-order valence-corrected chi connectivity index (χ4v) is 4.34. The van der Waals surface area contributed by atoms with Gasteiger partial charge in [0.15, 0.2) is 0 Å². The van der Waals surface area contributed by atoms with Crippen LogP contribution >= 0.6 is 0 Å². The standard InChI is InChI=1S/C23H31N3O5S/c1-5-7-16-24-23(28)20-10-8-9-11-21(20)25-22(27)17(3)26(32(4,29)30)18-12-14-19(15-13-18)31-6-2/h8-15,17H,5-7,16H2,1-4H3,(H,24,28)(H,25,27). The molecule has 1 atom stereocenters. The Labute approximate surface area is 190 Å². The summed E-state index contributed by atoms with van der Waals surface area (Å²) >= 11 is 0. The Bertz CT molecular complexity index is 1020. The third-order valence-electron chi connectivity index (χ3n) is 4.74. The van der Waals surface area contributed by atoms with E-state index in [1.807, 2.05) is 13.8 Å². The third-order valence-corrected chi connectivity index (χ3v) is 5.98. The predicted molar refractivity (Wildman–Crippen MR) is 127 cm³/mol. The molecule has 2 N–H and O–H groups in total. The van der Waals surface area contributed by atoms with Crippen LogP contribution in [-0.2, 0) is 14.8 Å². The summed E-state index contributed by atoms with van der Waals surface area (Å²) in [7, 11) is -3.77. The van der Waals surface area contributed by atoms with Crippen molar-refractivity contribution in [3.05, 3.63) is 54.1 Å². The predicted octanol–water partition coefficient (Wildman–Crippen LogP) is 3.41. The molecule has 174 valence electrons. The van der Waals surface area contributed by atoms with E-state index in [1.54, 1.807) is 48.5 Å². The summed E-state index contributed by atoms with van der Waals surface area (Å²) in [5.74, 6) is -0.253. The lowest BCUT2D eigenvalue weighted by atomic mass is 10.1. The van der Waals surface area contributed by atoms with Gasteiger partial charge < -0.3 is 15.4 Å². The Morgan fingerprint density at radius 3 is 2.31 bits per heavy atom. The number of nitrogens with one attached hydrogen (secondary N) is 2. The second-order valence-electron chi connectivity index (χ2n) is 7.31. The smallest absolute Gasteiger partial charge is 0.253 e. The van der Waals surface area contributed by atoms with Crippen LogP contribution in [0, 0.1) is 0 Å². The maximum absolute atomic E-state index is 13.0. The first kappa shape index (κ1) is 25.2. The van der Waals surface area contributed by atoms with E-state index in [2.05, 4.69) is 10.6 Å². The van der Waals surface area contributed by atoms with Crippen LogP contribution in [0.2, 0.25) is 0 Å². The quantitative estimate of drug-likeness (QED) is 0.499. The normalized spacial score (nSPS) is 12.0. The number of rotatable bonds is 11. The Morgan fingerprint density at radius 2 is 1.72 bits per heavy atom. The van der Waals surface area contributed by atoms with Gasteiger partial charge in [-0.25, -0.2) is 8.42 Å². The summed E-state index contributed by atoms with van der Waals surface area (Å²) in [5.41, 5.74) is 0.971. The minimum absolute atomic E-state index is 0.298. The topological polar surface area (TPSA) is 105 Å². The van der Waals surface area contributed by atoms with Gasteiger partial charge in [0.05, 0.1) is 29.8 Å². The number of nitrogens with zero attached hydrogens (tertiary/aromatic N) is 1. The van der Waals surface area contributed by atoms with Gasteiger partial charge in [-0.3, -0.25) is 13.9 Å². The molecule has 0 aliphatic heterocycles. The number of unbranched alkanes of at least 4 members (excludes halogenated alkanes) is 1. The molecule has 8 nitrogen and oxygen atoms in total. The van der Waals surface area contributed by atoms with E-state index in [0.717, 1.165) is 23.4 Å². The molecule has 0 saturated carbocycles. The van der Waals surface area contributed by atoms with Crippen LogP contribution in [0.25, 0.3) is 0 Å². The van der Waals surface area contributed by atoms with Gasteiger partial charge in [0.1, 0.15) is 11.8 Å². The molecule has 0 aliphatic rings. The van der Waals surface area contributed by atoms with Crippen LogP contribution < -0.4 is 19.7 Å². The zero-order valence-electron chi connectivity index (χ0n) is 18.9. The second-order valence-corrected chi connectivity index (χ2v) is 9.17. The number of para-hydroxylation sites is 1. The van der Waals surface area contributed by atoms with Crippen molar-refractivity contribution >= 4 is 33.2 Å². The number of ether oxygens (including phenoxy) is 1. The highest BCUT2D eigenvalue weighted by atomic mass is 32.2. The summed E-state index contributed by atoms with van der Waals surface area (Å²) in [6.45, 7) is 6.40. The van der Waals surface area contributed by atoms with Gasteiger partial charge in [-0.1, -0.05) is 25.5 Å². The first-order valence-electron chi connectivity index (χ1n) is 10.6. The average Bonchev–Trinajstić information content (AvgIpc) is 2.74. The van der Waals surface area contributed by atoms with Gasteiger partial charge in [-0.2, -0.15) is 0 Å². The molecule has 2 aromatic carbocycles. The lowest BCUT2D eigenvalue weighted by Crippen LogP contribution is -2.45. The minimum Gasteiger partial charge on any atom is -0.494 e. The molecule has 9 heteroatoms. The summed E-state index contributed by atoms with van der Waals surface area (Å²) in [6, 6.07) is 12.0. The van der Waals surface area contributed by atoms with E-state index in [9.17, 15) is 18.0 Å². The summed E-state index contributed by atoms with van der Waals surface area (Å²) in [6.07, 6.45) is 2.84.